The smallest absolute Gasteiger partial charge is 0.303 e. The first-order valence-electron chi connectivity index (χ1n) is 11.6. The minimum atomic E-state index is -0.756. The second kappa shape index (κ2) is 13.4. The Morgan fingerprint density at radius 3 is 2.43 bits per heavy atom. The highest BCUT2D eigenvalue weighted by Crippen LogP contribution is 2.44. The van der Waals surface area contributed by atoms with Gasteiger partial charge in [-0.05, 0) is 44.4 Å². The molecule has 4 atom stereocenters. The van der Waals surface area contributed by atoms with Crippen LogP contribution in [0.1, 0.15) is 77.6 Å². The number of ether oxygens (including phenoxy) is 1. The molecular weight excluding hydrogens is 384 g/mol. The molecule has 170 valence electrons. The highest BCUT2D eigenvalue weighted by atomic mass is 16.5. The fourth-order valence-corrected chi connectivity index (χ4v) is 4.50. The molecule has 0 aliphatic carbocycles. The normalized spacial score (nSPS) is 25.0. The number of carbonyl (C=O) groups excluding carboxylic acids is 2. The highest BCUT2D eigenvalue weighted by Gasteiger charge is 2.47. The molecule has 0 radical (unpaired) electrons. The van der Waals surface area contributed by atoms with E-state index in [2.05, 4.69) is 29.7 Å². The Hall–Kier alpha value is -1.89. The number of nitrogens with one attached hydrogen (secondary N) is 2. The van der Waals surface area contributed by atoms with E-state index in [0.29, 0.717) is 31.2 Å². The van der Waals surface area contributed by atoms with Gasteiger partial charge in [0.05, 0.1) is 18.8 Å². The number of fused-ring (bicyclic) bond motifs is 2. The fourth-order valence-electron chi connectivity index (χ4n) is 4.50. The summed E-state index contributed by atoms with van der Waals surface area (Å²) in [4.78, 5) is 34.5. The molecule has 7 heteroatoms. The molecule has 2 heterocycles. The summed E-state index contributed by atoms with van der Waals surface area (Å²) in [7, 11) is 0. The number of allylic oxidation sites excluding steroid dienone is 2. The van der Waals surface area contributed by atoms with Crippen molar-refractivity contribution in [1.82, 2.24) is 10.6 Å². The van der Waals surface area contributed by atoms with Crippen LogP contribution in [-0.4, -0.2) is 48.2 Å². The molecule has 2 aliphatic rings. The standard InChI is InChI=1S/C23H38N2O5/c1-2-3-4-8-11-21(26)25-16-22(27)24-15-18-17(19-13-14-20(18)30-19)10-7-5-6-9-12-23(28)29/h5,7,17-20H,2-4,6,8-16H2,1H3,(H,24,27)(H,25,26)(H,28,29)/b7-5+. The lowest BCUT2D eigenvalue weighted by atomic mass is 9.77. The molecule has 2 saturated heterocycles. The molecule has 0 saturated carbocycles. The van der Waals surface area contributed by atoms with Crippen LogP contribution < -0.4 is 10.6 Å². The summed E-state index contributed by atoms with van der Waals surface area (Å²) in [5, 5.41) is 14.4. The number of carbonyl (C=O) groups is 3. The van der Waals surface area contributed by atoms with Crippen molar-refractivity contribution in [3.8, 4) is 0 Å². The maximum atomic E-state index is 12.2. The Bertz CT molecular complexity index is 592. The fraction of sp³-hybridized carbons (Fsp3) is 0.783. The van der Waals surface area contributed by atoms with Crippen LogP contribution in [0.5, 0.6) is 0 Å². The van der Waals surface area contributed by atoms with Crippen LogP contribution in [0.25, 0.3) is 0 Å². The van der Waals surface area contributed by atoms with Crippen LogP contribution in [0.4, 0.5) is 0 Å². The highest BCUT2D eigenvalue weighted by molar-refractivity contribution is 5.84. The summed E-state index contributed by atoms with van der Waals surface area (Å²) < 4.78 is 6.07. The van der Waals surface area contributed by atoms with Gasteiger partial charge in [0.1, 0.15) is 0 Å². The zero-order chi connectivity index (χ0) is 21.8. The average Bonchev–Trinajstić information content (AvgIpc) is 3.32. The van der Waals surface area contributed by atoms with E-state index in [4.69, 9.17) is 9.84 Å². The van der Waals surface area contributed by atoms with E-state index in [1.165, 1.54) is 0 Å². The summed E-state index contributed by atoms with van der Waals surface area (Å²) in [6, 6.07) is 0. The topological polar surface area (TPSA) is 105 Å². The van der Waals surface area contributed by atoms with Crippen molar-refractivity contribution >= 4 is 17.8 Å². The Kier molecular flexibility index (Phi) is 10.9. The van der Waals surface area contributed by atoms with Crippen molar-refractivity contribution in [2.45, 2.75) is 89.8 Å². The Morgan fingerprint density at radius 2 is 1.70 bits per heavy atom. The predicted molar refractivity (Wildman–Crippen MR) is 115 cm³/mol. The van der Waals surface area contributed by atoms with E-state index in [9.17, 15) is 14.4 Å². The third-order valence-electron chi connectivity index (χ3n) is 6.17. The van der Waals surface area contributed by atoms with E-state index in [1.54, 1.807) is 0 Å². The van der Waals surface area contributed by atoms with E-state index < -0.39 is 5.97 Å². The second-order valence-corrected chi connectivity index (χ2v) is 8.50. The number of amides is 2. The first kappa shape index (κ1) is 24.4. The zero-order valence-corrected chi connectivity index (χ0v) is 18.2. The van der Waals surface area contributed by atoms with Crippen LogP contribution in [0, 0.1) is 11.8 Å². The van der Waals surface area contributed by atoms with Gasteiger partial charge in [0.25, 0.3) is 0 Å². The van der Waals surface area contributed by atoms with Gasteiger partial charge in [-0.2, -0.15) is 0 Å². The number of carboxylic acids is 1. The van der Waals surface area contributed by atoms with Crippen molar-refractivity contribution in [3.05, 3.63) is 12.2 Å². The Morgan fingerprint density at radius 1 is 0.933 bits per heavy atom. The van der Waals surface area contributed by atoms with Gasteiger partial charge in [-0.25, -0.2) is 0 Å². The summed E-state index contributed by atoms with van der Waals surface area (Å²) in [6.45, 7) is 2.74. The van der Waals surface area contributed by atoms with Crippen LogP contribution >= 0.6 is 0 Å². The first-order chi connectivity index (χ1) is 14.5. The number of hydrogen-bond donors (Lipinski definition) is 3. The molecule has 30 heavy (non-hydrogen) atoms. The number of unbranched alkanes of at least 4 members (excludes halogenated alkanes) is 4. The molecule has 3 N–H and O–H groups in total. The molecule has 2 aliphatic heterocycles. The summed E-state index contributed by atoms with van der Waals surface area (Å²) >= 11 is 0. The first-order valence-corrected chi connectivity index (χ1v) is 11.6. The third kappa shape index (κ3) is 8.46. The molecule has 0 aromatic rings. The molecule has 0 spiro atoms. The van der Waals surface area contributed by atoms with E-state index in [-0.39, 0.29) is 37.0 Å². The van der Waals surface area contributed by atoms with Crippen LogP contribution in [0.3, 0.4) is 0 Å². The van der Waals surface area contributed by atoms with Crippen molar-refractivity contribution in [2.75, 3.05) is 13.1 Å². The van der Waals surface area contributed by atoms with Gasteiger partial charge in [-0.1, -0.05) is 38.3 Å². The molecule has 4 unspecified atom stereocenters. The third-order valence-corrected chi connectivity index (χ3v) is 6.17. The van der Waals surface area contributed by atoms with Crippen molar-refractivity contribution < 1.29 is 24.2 Å². The largest absolute Gasteiger partial charge is 0.481 e. The number of hydrogen-bond acceptors (Lipinski definition) is 4. The maximum Gasteiger partial charge on any atom is 0.303 e. The Labute approximate surface area is 180 Å². The van der Waals surface area contributed by atoms with Crippen molar-refractivity contribution in [1.29, 1.82) is 0 Å². The maximum absolute atomic E-state index is 12.2. The lowest BCUT2D eigenvalue weighted by Gasteiger charge is -2.27. The van der Waals surface area contributed by atoms with Gasteiger partial charge in [-0.15, -0.1) is 0 Å². The van der Waals surface area contributed by atoms with Crippen LogP contribution in [0.15, 0.2) is 12.2 Å². The molecule has 7 nitrogen and oxygen atoms in total. The average molecular weight is 423 g/mol. The minimum absolute atomic E-state index is 0.0302. The summed E-state index contributed by atoms with van der Waals surface area (Å²) in [6.07, 6.45) is 13.9. The monoisotopic (exact) mass is 422 g/mol. The van der Waals surface area contributed by atoms with Crippen molar-refractivity contribution in [2.24, 2.45) is 11.8 Å². The zero-order valence-electron chi connectivity index (χ0n) is 18.2. The molecule has 2 amide bonds. The summed E-state index contributed by atoms with van der Waals surface area (Å²) in [5.74, 6) is -0.291. The Balaban J connectivity index is 1.66. The lowest BCUT2D eigenvalue weighted by molar-refractivity contribution is -0.137. The predicted octanol–water partition coefficient (Wildman–Crippen LogP) is 3.18. The second-order valence-electron chi connectivity index (χ2n) is 8.50. The van der Waals surface area contributed by atoms with Gasteiger partial charge < -0.3 is 20.5 Å². The number of rotatable bonds is 15. The van der Waals surface area contributed by atoms with Gasteiger partial charge >= 0.3 is 5.97 Å². The molecule has 2 rings (SSSR count). The van der Waals surface area contributed by atoms with E-state index in [0.717, 1.165) is 51.4 Å². The van der Waals surface area contributed by atoms with Gasteiger partial charge in [0.2, 0.25) is 11.8 Å². The summed E-state index contributed by atoms with van der Waals surface area (Å²) in [5.41, 5.74) is 0. The van der Waals surface area contributed by atoms with E-state index >= 15 is 0 Å². The molecule has 0 aromatic heterocycles. The van der Waals surface area contributed by atoms with Crippen molar-refractivity contribution in [3.63, 3.8) is 0 Å². The molecular formula is C23H38N2O5. The van der Waals surface area contributed by atoms with E-state index in [1.807, 2.05) is 0 Å². The number of carboxylic acid groups (broad SMARTS) is 1. The van der Waals surface area contributed by atoms with Gasteiger partial charge in [-0.3, -0.25) is 14.4 Å². The van der Waals surface area contributed by atoms with Gasteiger partial charge in [0.15, 0.2) is 0 Å². The minimum Gasteiger partial charge on any atom is -0.481 e. The quantitative estimate of drug-likeness (QED) is 0.278. The number of aliphatic carboxylic acids is 1. The SMILES string of the molecule is CCCCCCC(=O)NCC(=O)NCC1C2CCC(O2)C1C/C=C/CCCC(=O)O. The van der Waals surface area contributed by atoms with Crippen LogP contribution in [0.2, 0.25) is 0 Å². The molecule has 2 fully saturated rings. The van der Waals surface area contributed by atoms with Crippen LogP contribution in [-0.2, 0) is 19.1 Å². The molecule has 2 bridgehead atoms. The molecule has 0 aromatic carbocycles. The lowest BCUT2D eigenvalue weighted by Crippen LogP contribution is -2.42. The van der Waals surface area contributed by atoms with Gasteiger partial charge in [0, 0.05) is 25.3 Å².